The van der Waals surface area contributed by atoms with Gasteiger partial charge in [-0.15, -0.1) is 0 Å². The van der Waals surface area contributed by atoms with E-state index in [-0.39, 0.29) is 5.97 Å². The van der Waals surface area contributed by atoms with Gasteiger partial charge in [-0.25, -0.2) is 4.79 Å². The van der Waals surface area contributed by atoms with Crippen molar-refractivity contribution >= 4 is 5.97 Å². The van der Waals surface area contributed by atoms with Gasteiger partial charge in [0.2, 0.25) is 0 Å². The van der Waals surface area contributed by atoms with Crippen molar-refractivity contribution in [3.63, 3.8) is 0 Å². The molecule has 2 heteroatoms. The second-order valence-electron chi connectivity index (χ2n) is 1.73. The third-order valence-corrected chi connectivity index (χ3v) is 0.877. The molecule has 0 rings (SSSR count). The number of esters is 1. The summed E-state index contributed by atoms with van der Waals surface area (Å²) in [5, 5.41) is 0. The van der Waals surface area contributed by atoms with E-state index in [9.17, 15) is 4.79 Å². The van der Waals surface area contributed by atoms with Gasteiger partial charge in [0.15, 0.2) is 0 Å². The first-order valence-electron chi connectivity index (χ1n) is 3.43. The number of carbonyl (C=O) groups excluding carboxylic acids is 1. The van der Waals surface area contributed by atoms with E-state index in [1.54, 1.807) is 31.2 Å². The van der Waals surface area contributed by atoms with Crippen LogP contribution in [-0.2, 0) is 9.53 Å². The van der Waals surface area contributed by atoms with E-state index in [2.05, 4.69) is 11.3 Å². The van der Waals surface area contributed by atoms with Crippen molar-refractivity contribution in [3.05, 3.63) is 37.0 Å². The first kappa shape index (κ1) is 9.69. The predicted octanol–water partition coefficient (Wildman–Crippen LogP) is 1.85. The Labute approximate surface area is 66.9 Å². The monoisotopic (exact) mass is 152 g/mol. The molecule has 0 aliphatic carbocycles. The maximum atomic E-state index is 10.6. The molecule has 0 aromatic carbocycles. The molecule has 0 saturated carbocycles. The van der Waals surface area contributed by atoms with E-state index in [0.29, 0.717) is 6.61 Å². The maximum Gasteiger partial charge on any atom is 0.330 e. The van der Waals surface area contributed by atoms with Gasteiger partial charge in [0.05, 0.1) is 6.61 Å². The van der Waals surface area contributed by atoms with Crippen LogP contribution in [0.25, 0.3) is 0 Å². The molecule has 0 unspecified atom stereocenters. The van der Waals surface area contributed by atoms with Crippen LogP contribution in [0.1, 0.15) is 6.92 Å². The molecule has 0 aromatic heterocycles. The standard InChI is InChI=1S/C9H12O2/c1-3-5-6-7-8-9(10)11-4-2/h3,5-8H,1,4H2,2H3/b6-5?,8-7+. The molecule has 60 valence electrons. The zero-order valence-electron chi connectivity index (χ0n) is 6.62. The molecule has 0 N–H and O–H groups in total. The van der Waals surface area contributed by atoms with Crippen molar-refractivity contribution in [1.82, 2.24) is 0 Å². The summed E-state index contributed by atoms with van der Waals surface area (Å²) in [7, 11) is 0. The highest BCUT2D eigenvalue weighted by Gasteiger charge is 1.89. The van der Waals surface area contributed by atoms with Crippen LogP contribution in [0, 0.1) is 0 Å². The van der Waals surface area contributed by atoms with Gasteiger partial charge in [0, 0.05) is 6.08 Å². The average Bonchev–Trinajstić information content (AvgIpc) is 1.99. The topological polar surface area (TPSA) is 26.3 Å². The highest BCUT2D eigenvalue weighted by atomic mass is 16.5. The molecule has 11 heavy (non-hydrogen) atoms. The van der Waals surface area contributed by atoms with E-state index in [1.807, 2.05) is 0 Å². The minimum absolute atomic E-state index is 0.318. The molecule has 0 heterocycles. The SMILES string of the molecule is C=CC=C/C=C/C(=O)OCC. The maximum absolute atomic E-state index is 10.6. The van der Waals surface area contributed by atoms with Gasteiger partial charge in [0.25, 0.3) is 0 Å². The van der Waals surface area contributed by atoms with Crippen LogP contribution in [0.4, 0.5) is 0 Å². The molecule has 0 atom stereocenters. The summed E-state index contributed by atoms with van der Waals surface area (Å²) in [4.78, 5) is 10.6. The molecule has 0 bridgehead atoms. The fraction of sp³-hybridized carbons (Fsp3) is 0.222. The van der Waals surface area contributed by atoms with Crippen LogP contribution >= 0.6 is 0 Å². The highest BCUT2D eigenvalue weighted by Crippen LogP contribution is 1.82. The minimum Gasteiger partial charge on any atom is -0.463 e. The lowest BCUT2D eigenvalue weighted by Gasteiger charge is -1.92. The van der Waals surface area contributed by atoms with Crippen LogP contribution in [0.3, 0.4) is 0 Å². The summed E-state index contributed by atoms with van der Waals surface area (Å²) in [6.07, 6.45) is 8.05. The number of allylic oxidation sites excluding steroid dienone is 4. The Bertz CT molecular complexity index is 178. The van der Waals surface area contributed by atoms with Crippen molar-refractivity contribution in [2.24, 2.45) is 0 Å². The van der Waals surface area contributed by atoms with Gasteiger partial charge in [-0.05, 0) is 6.92 Å². The van der Waals surface area contributed by atoms with Crippen LogP contribution in [0.5, 0.6) is 0 Å². The van der Waals surface area contributed by atoms with E-state index in [4.69, 9.17) is 0 Å². The molecule has 0 saturated heterocycles. The molecule has 0 radical (unpaired) electrons. The van der Waals surface area contributed by atoms with Gasteiger partial charge in [-0.2, -0.15) is 0 Å². The highest BCUT2D eigenvalue weighted by molar-refractivity contribution is 5.82. The number of rotatable bonds is 4. The van der Waals surface area contributed by atoms with Crippen molar-refractivity contribution in [2.75, 3.05) is 6.61 Å². The lowest BCUT2D eigenvalue weighted by molar-refractivity contribution is -0.137. The van der Waals surface area contributed by atoms with E-state index < -0.39 is 0 Å². The Kier molecular flexibility index (Phi) is 5.99. The Balaban J connectivity index is 3.64. The van der Waals surface area contributed by atoms with Gasteiger partial charge in [-0.1, -0.05) is 30.9 Å². The molecule has 0 aliphatic heterocycles. The third kappa shape index (κ3) is 6.58. The number of carbonyl (C=O) groups is 1. The van der Waals surface area contributed by atoms with Gasteiger partial charge < -0.3 is 4.74 Å². The molecule has 0 aliphatic rings. The van der Waals surface area contributed by atoms with Crippen LogP contribution in [-0.4, -0.2) is 12.6 Å². The summed E-state index contributed by atoms with van der Waals surface area (Å²) in [5.74, 6) is -0.318. The van der Waals surface area contributed by atoms with Gasteiger partial charge >= 0.3 is 5.97 Å². The van der Waals surface area contributed by atoms with Crippen molar-refractivity contribution in [3.8, 4) is 0 Å². The van der Waals surface area contributed by atoms with E-state index in [1.165, 1.54) is 6.08 Å². The minimum atomic E-state index is -0.318. The largest absolute Gasteiger partial charge is 0.463 e. The predicted molar refractivity (Wildman–Crippen MR) is 45.1 cm³/mol. The van der Waals surface area contributed by atoms with Crippen LogP contribution < -0.4 is 0 Å². The molecule has 0 amide bonds. The summed E-state index contributed by atoms with van der Waals surface area (Å²) < 4.78 is 4.64. The van der Waals surface area contributed by atoms with Gasteiger partial charge in [-0.3, -0.25) is 0 Å². The fourth-order valence-electron chi connectivity index (χ4n) is 0.467. The quantitative estimate of drug-likeness (QED) is 0.349. The number of hydrogen-bond donors (Lipinski definition) is 0. The van der Waals surface area contributed by atoms with Crippen molar-refractivity contribution in [1.29, 1.82) is 0 Å². The summed E-state index contributed by atoms with van der Waals surface area (Å²) >= 11 is 0. The van der Waals surface area contributed by atoms with Crippen LogP contribution in [0.15, 0.2) is 37.0 Å². The first-order valence-corrected chi connectivity index (χ1v) is 3.43. The van der Waals surface area contributed by atoms with E-state index >= 15 is 0 Å². The second kappa shape index (κ2) is 6.81. The lowest BCUT2D eigenvalue weighted by Crippen LogP contribution is -1.98. The summed E-state index contributed by atoms with van der Waals surface area (Å²) in [5.41, 5.74) is 0. The summed E-state index contributed by atoms with van der Waals surface area (Å²) in [6, 6.07) is 0. The Morgan fingerprint density at radius 3 is 2.73 bits per heavy atom. The lowest BCUT2D eigenvalue weighted by atomic mass is 10.4. The zero-order valence-corrected chi connectivity index (χ0v) is 6.62. The van der Waals surface area contributed by atoms with Gasteiger partial charge in [0.1, 0.15) is 0 Å². The average molecular weight is 152 g/mol. The Morgan fingerprint density at radius 1 is 1.45 bits per heavy atom. The molecular weight excluding hydrogens is 140 g/mol. The molecule has 0 fully saturated rings. The number of ether oxygens (including phenoxy) is 1. The van der Waals surface area contributed by atoms with Crippen LogP contribution in [0.2, 0.25) is 0 Å². The Morgan fingerprint density at radius 2 is 2.18 bits per heavy atom. The fourth-order valence-corrected chi connectivity index (χ4v) is 0.467. The van der Waals surface area contributed by atoms with Crippen molar-refractivity contribution in [2.45, 2.75) is 6.92 Å². The molecular formula is C9H12O2. The normalized spacial score (nSPS) is 10.6. The van der Waals surface area contributed by atoms with E-state index in [0.717, 1.165) is 0 Å². The Hall–Kier alpha value is -1.31. The molecule has 0 spiro atoms. The van der Waals surface area contributed by atoms with Crippen molar-refractivity contribution < 1.29 is 9.53 Å². The first-order chi connectivity index (χ1) is 5.31. The zero-order chi connectivity index (χ0) is 8.53. The smallest absolute Gasteiger partial charge is 0.330 e. The second-order valence-corrected chi connectivity index (χ2v) is 1.73. The number of hydrogen-bond acceptors (Lipinski definition) is 2. The molecule has 2 nitrogen and oxygen atoms in total. The summed E-state index contributed by atoms with van der Waals surface area (Å²) in [6.45, 7) is 5.66. The molecule has 0 aromatic rings. The third-order valence-electron chi connectivity index (χ3n) is 0.877.